The van der Waals surface area contributed by atoms with Crippen molar-refractivity contribution in [3.05, 3.63) is 29.6 Å². The summed E-state index contributed by atoms with van der Waals surface area (Å²) >= 11 is 0. The molecule has 1 amide bonds. The van der Waals surface area contributed by atoms with Crippen LogP contribution in [0, 0.1) is 17.5 Å². The fourth-order valence-electron chi connectivity index (χ4n) is 1.19. The van der Waals surface area contributed by atoms with Crippen LogP contribution in [0.15, 0.2) is 12.1 Å². The van der Waals surface area contributed by atoms with Gasteiger partial charge in [0, 0.05) is 13.7 Å². The zero-order chi connectivity index (χ0) is 13.5. The van der Waals surface area contributed by atoms with Crippen molar-refractivity contribution in [2.45, 2.75) is 0 Å². The Morgan fingerprint density at radius 3 is 2.67 bits per heavy atom. The minimum Gasteiger partial charge on any atom is -0.383 e. The summed E-state index contributed by atoms with van der Waals surface area (Å²) in [6.07, 6.45) is 0. The zero-order valence-corrected chi connectivity index (χ0v) is 9.73. The summed E-state index contributed by atoms with van der Waals surface area (Å²) in [5, 5.41) is 4.86. The largest absolute Gasteiger partial charge is 0.383 e. The van der Waals surface area contributed by atoms with E-state index in [9.17, 15) is 18.0 Å². The van der Waals surface area contributed by atoms with Crippen LogP contribution in [0.25, 0.3) is 0 Å². The molecule has 1 aromatic carbocycles. The molecule has 2 N–H and O–H groups in total. The summed E-state index contributed by atoms with van der Waals surface area (Å²) in [4.78, 5) is 11.2. The van der Waals surface area contributed by atoms with Crippen LogP contribution in [0.5, 0.6) is 0 Å². The van der Waals surface area contributed by atoms with Gasteiger partial charge in [0.1, 0.15) is 0 Å². The quantitative estimate of drug-likeness (QED) is 0.600. The van der Waals surface area contributed by atoms with E-state index in [1.807, 2.05) is 0 Å². The average molecular weight is 262 g/mol. The molecule has 0 aromatic heterocycles. The first kappa shape index (κ1) is 14.3. The number of nitrogens with one attached hydrogen (secondary N) is 2. The fraction of sp³-hybridized carbons (Fsp3) is 0.364. The van der Waals surface area contributed by atoms with Gasteiger partial charge in [-0.3, -0.25) is 4.79 Å². The van der Waals surface area contributed by atoms with E-state index < -0.39 is 23.4 Å². The highest BCUT2D eigenvalue weighted by molar-refractivity contribution is 5.80. The van der Waals surface area contributed by atoms with Crippen molar-refractivity contribution in [3.8, 4) is 0 Å². The molecule has 18 heavy (non-hydrogen) atoms. The molecule has 0 radical (unpaired) electrons. The number of hydrogen-bond acceptors (Lipinski definition) is 3. The summed E-state index contributed by atoms with van der Waals surface area (Å²) in [5.41, 5.74) is -0.268. The minimum absolute atomic E-state index is 0.244. The topological polar surface area (TPSA) is 50.4 Å². The third-order valence-corrected chi connectivity index (χ3v) is 2.10. The van der Waals surface area contributed by atoms with Gasteiger partial charge >= 0.3 is 0 Å². The maximum Gasteiger partial charge on any atom is 0.239 e. The van der Waals surface area contributed by atoms with Crippen molar-refractivity contribution >= 4 is 11.6 Å². The molecule has 0 saturated heterocycles. The number of carbonyl (C=O) groups is 1. The van der Waals surface area contributed by atoms with Crippen LogP contribution in [0.4, 0.5) is 18.9 Å². The van der Waals surface area contributed by atoms with Gasteiger partial charge in [-0.25, -0.2) is 13.2 Å². The van der Waals surface area contributed by atoms with Crippen molar-refractivity contribution in [1.29, 1.82) is 0 Å². The van der Waals surface area contributed by atoms with Crippen molar-refractivity contribution in [1.82, 2.24) is 5.32 Å². The normalized spacial score (nSPS) is 10.2. The van der Waals surface area contributed by atoms with Crippen LogP contribution in [0.1, 0.15) is 0 Å². The molecule has 1 rings (SSSR count). The van der Waals surface area contributed by atoms with Crippen molar-refractivity contribution in [2.24, 2.45) is 0 Å². The summed E-state index contributed by atoms with van der Waals surface area (Å²) in [5.74, 6) is -4.60. The molecule has 0 aliphatic heterocycles. The van der Waals surface area contributed by atoms with E-state index >= 15 is 0 Å². The molecule has 0 heterocycles. The van der Waals surface area contributed by atoms with Crippen LogP contribution in [-0.4, -0.2) is 32.7 Å². The van der Waals surface area contributed by atoms with Gasteiger partial charge in [0.15, 0.2) is 17.5 Å². The maximum absolute atomic E-state index is 13.2. The van der Waals surface area contributed by atoms with E-state index in [2.05, 4.69) is 10.6 Å². The lowest BCUT2D eigenvalue weighted by Gasteiger charge is -2.08. The van der Waals surface area contributed by atoms with E-state index in [4.69, 9.17) is 4.74 Å². The smallest absolute Gasteiger partial charge is 0.239 e. The van der Waals surface area contributed by atoms with Gasteiger partial charge in [0.2, 0.25) is 5.91 Å². The average Bonchev–Trinajstić information content (AvgIpc) is 2.35. The number of halogens is 3. The molecule has 0 aliphatic rings. The molecule has 0 unspecified atom stereocenters. The van der Waals surface area contributed by atoms with Gasteiger partial charge in [-0.05, 0) is 12.1 Å². The second-order valence-electron chi connectivity index (χ2n) is 3.42. The highest BCUT2D eigenvalue weighted by Gasteiger charge is 2.13. The first-order chi connectivity index (χ1) is 8.56. The lowest BCUT2D eigenvalue weighted by atomic mass is 10.3. The van der Waals surface area contributed by atoms with Gasteiger partial charge in [-0.2, -0.15) is 0 Å². The van der Waals surface area contributed by atoms with Crippen LogP contribution < -0.4 is 10.6 Å². The molecule has 0 bridgehead atoms. The van der Waals surface area contributed by atoms with E-state index in [0.29, 0.717) is 13.2 Å². The highest BCUT2D eigenvalue weighted by atomic mass is 19.2. The molecule has 0 spiro atoms. The summed E-state index contributed by atoms with van der Waals surface area (Å²) < 4.78 is 43.4. The van der Waals surface area contributed by atoms with E-state index in [1.54, 1.807) is 0 Å². The zero-order valence-electron chi connectivity index (χ0n) is 9.73. The van der Waals surface area contributed by atoms with Crippen LogP contribution in [0.3, 0.4) is 0 Å². The Morgan fingerprint density at radius 2 is 2.00 bits per heavy atom. The Hall–Kier alpha value is -1.76. The van der Waals surface area contributed by atoms with E-state index in [1.165, 1.54) is 7.11 Å². The molecular formula is C11H13F3N2O2. The van der Waals surface area contributed by atoms with Gasteiger partial charge in [-0.15, -0.1) is 0 Å². The molecule has 0 aliphatic carbocycles. The molecular weight excluding hydrogens is 249 g/mol. The standard InChI is InChI=1S/C11H13F3N2O2/c1-18-5-4-15-9(17)6-16-8-3-2-7(12)10(13)11(8)14/h2-3,16H,4-6H2,1H3,(H,15,17). The molecule has 0 atom stereocenters. The number of rotatable bonds is 6. The Balaban J connectivity index is 2.49. The number of methoxy groups -OCH3 is 1. The highest BCUT2D eigenvalue weighted by Crippen LogP contribution is 2.19. The summed E-state index contributed by atoms with van der Waals surface area (Å²) in [6, 6.07) is 1.81. The fourth-order valence-corrected chi connectivity index (χ4v) is 1.19. The Kier molecular flexibility index (Phi) is 5.44. The van der Waals surface area contributed by atoms with Gasteiger partial charge < -0.3 is 15.4 Å². The van der Waals surface area contributed by atoms with Crippen LogP contribution in [0.2, 0.25) is 0 Å². The van der Waals surface area contributed by atoms with Gasteiger partial charge in [-0.1, -0.05) is 0 Å². The number of anilines is 1. The Bertz CT molecular complexity index is 427. The summed E-state index contributed by atoms with van der Waals surface area (Å²) in [6.45, 7) is 0.425. The molecule has 0 fully saturated rings. The minimum atomic E-state index is -1.57. The molecule has 7 heteroatoms. The first-order valence-corrected chi connectivity index (χ1v) is 5.19. The molecule has 0 saturated carbocycles. The monoisotopic (exact) mass is 262 g/mol. The number of benzene rings is 1. The van der Waals surface area contributed by atoms with Crippen molar-refractivity contribution < 1.29 is 22.7 Å². The second kappa shape index (κ2) is 6.85. The number of carbonyl (C=O) groups excluding carboxylic acids is 1. The second-order valence-corrected chi connectivity index (χ2v) is 3.42. The van der Waals surface area contributed by atoms with Gasteiger partial charge in [0.05, 0.1) is 18.8 Å². The third-order valence-electron chi connectivity index (χ3n) is 2.10. The van der Waals surface area contributed by atoms with Crippen LogP contribution in [-0.2, 0) is 9.53 Å². The molecule has 100 valence electrons. The lowest BCUT2D eigenvalue weighted by Crippen LogP contribution is -2.32. The maximum atomic E-state index is 13.2. The SMILES string of the molecule is COCCNC(=O)CNc1ccc(F)c(F)c1F. The molecule has 4 nitrogen and oxygen atoms in total. The Labute approximate surface area is 102 Å². The van der Waals surface area contributed by atoms with E-state index in [0.717, 1.165) is 12.1 Å². The molecule has 1 aromatic rings. The lowest BCUT2D eigenvalue weighted by molar-refractivity contribution is -0.119. The summed E-state index contributed by atoms with van der Waals surface area (Å²) in [7, 11) is 1.49. The number of hydrogen-bond donors (Lipinski definition) is 2. The third kappa shape index (κ3) is 3.92. The number of amides is 1. The predicted molar refractivity (Wildman–Crippen MR) is 59.7 cm³/mol. The number of ether oxygens (including phenoxy) is 1. The van der Waals surface area contributed by atoms with Crippen LogP contribution >= 0.6 is 0 Å². The van der Waals surface area contributed by atoms with Gasteiger partial charge in [0.25, 0.3) is 0 Å². The van der Waals surface area contributed by atoms with Crippen molar-refractivity contribution in [3.63, 3.8) is 0 Å². The van der Waals surface area contributed by atoms with Crippen molar-refractivity contribution in [2.75, 3.05) is 32.1 Å². The van der Waals surface area contributed by atoms with E-state index in [-0.39, 0.29) is 12.2 Å². The predicted octanol–water partition coefficient (Wildman–Crippen LogP) is 1.28. The Morgan fingerprint density at radius 1 is 1.28 bits per heavy atom. The first-order valence-electron chi connectivity index (χ1n) is 5.19.